The smallest absolute Gasteiger partial charge is 0.243 e. The molecule has 1 saturated heterocycles. The van der Waals surface area contributed by atoms with Crippen LogP contribution in [0.4, 0.5) is 0 Å². The van der Waals surface area contributed by atoms with Crippen molar-refractivity contribution in [3.05, 3.63) is 71.8 Å². The molecule has 0 radical (unpaired) electrons. The normalized spacial score (nSPS) is 24.5. The molecule has 1 heterocycles. The molecule has 23 heteroatoms. The first-order valence-electron chi connectivity index (χ1n) is 30.6. The van der Waals surface area contributed by atoms with Crippen molar-refractivity contribution in [2.75, 3.05) is 26.2 Å². The number of rotatable bonds is 24. The van der Waals surface area contributed by atoms with E-state index < -0.39 is 131 Å². The summed E-state index contributed by atoms with van der Waals surface area (Å²) in [5.41, 5.74) is 24.9. The van der Waals surface area contributed by atoms with E-state index in [0.717, 1.165) is 0 Å². The number of carbonyl (C=O) groups excluding carboxylic acids is 10. The zero-order chi connectivity index (χ0) is 63.2. The third-order valence-corrected chi connectivity index (χ3v) is 14.9. The molecule has 0 spiro atoms. The number of amides is 9. The number of carbonyl (C=O) groups is 10. The largest absolute Gasteiger partial charge is 0.344 e. The van der Waals surface area contributed by atoms with E-state index in [4.69, 9.17) is 22.9 Å². The van der Waals surface area contributed by atoms with Crippen molar-refractivity contribution in [3.8, 4) is 0 Å². The molecule has 0 aromatic heterocycles. The molecule has 10 atom stereocenters. The van der Waals surface area contributed by atoms with Gasteiger partial charge in [-0.05, 0) is 138 Å². The van der Waals surface area contributed by atoms with Crippen LogP contribution >= 0.6 is 0 Å². The molecule has 0 bridgehead atoms. The van der Waals surface area contributed by atoms with Gasteiger partial charge in [-0.15, -0.1) is 0 Å². The molecule has 1 aliphatic rings. The first kappa shape index (κ1) is 72.4. The van der Waals surface area contributed by atoms with Crippen molar-refractivity contribution < 1.29 is 47.9 Å². The fraction of sp³-hybridized carbons (Fsp3) is 0.645. The summed E-state index contributed by atoms with van der Waals surface area (Å²) in [5, 5.41) is 25.4. The lowest BCUT2D eigenvalue weighted by atomic mass is 9.85. The summed E-state index contributed by atoms with van der Waals surface area (Å²) < 4.78 is 0. The monoisotopic (exact) mass is 1190 g/mol. The number of nitrogens with one attached hydrogen (secondary N) is 9. The molecular weight excluding hydrogens is 1090 g/mol. The first-order valence-corrected chi connectivity index (χ1v) is 30.6. The van der Waals surface area contributed by atoms with E-state index >= 15 is 0 Å². The summed E-state index contributed by atoms with van der Waals surface area (Å²) in [6.07, 6.45) is 2.55. The number of nitrogens with two attached hydrogens (primary N) is 4. The predicted octanol–water partition coefficient (Wildman–Crippen LogP) is 1.17. The first-order chi connectivity index (χ1) is 40.4. The van der Waals surface area contributed by atoms with E-state index in [-0.39, 0.29) is 102 Å². The maximum atomic E-state index is 15.0. The van der Waals surface area contributed by atoms with E-state index in [9.17, 15) is 47.9 Å². The Bertz CT molecular complexity index is 2450. The van der Waals surface area contributed by atoms with Crippen molar-refractivity contribution in [2.24, 2.45) is 52.5 Å². The minimum absolute atomic E-state index is 0.0131. The summed E-state index contributed by atoms with van der Waals surface area (Å²) in [5.74, 6) is -10.4. The Kier molecular flexibility index (Phi) is 32.6. The second-order valence-electron chi connectivity index (χ2n) is 23.9. The Morgan fingerprint density at radius 3 is 1.01 bits per heavy atom. The van der Waals surface area contributed by atoms with Crippen molar-refractivity contribution in [2.45, 2.75) is 200 Å². The van der Waals surface area contributed by atoms with Gasteiger partial charge < -0.3 is 70.8 Å². The van der Waals surface area contributed by atoms with E-state index in [0.29, 0.717) is 36.8 Å². The van der Waals surface area contributed by atoms with Crippen molar-refractivity contribution in [1.29, 1.82) is 0 Å². The molecule has 474 valence electrons. The second-order valence-corrected chi connectivity index (χ2v) is 23.9. The molecule has 17 N–H and O–H groups in total. The average Bonchev–Trinajstić information content (AvgIpc) is 3.62. The molecule has 2 aromatic carbocycles. The van der Waals surface area contributed by atoms with Crippen LogP contribution in [-0.2, 0) is 60.8 Å². The minimum Gasteiger partial charge on any atom is -0.344 e. The lowest BCUT2D eigenvalue weighted by Gasteiger charge is -2.30. The molecule has 9 amide bonds. The van der Waals surface area contributed by atoms with Crippen LogP contribution in [0.5, 0.6) is 0 Å². The van der Waals surface area contributed by atoms with Gasteiger partial charge in [-0.3, -0.25) is 47.9 Å². The topological polar surface area (TPSA) is 383 Å². The molecule has 1 aliphatic heterocycles. The van der Waals surface area contributed by atoms with Crippen LogP contribution < -0.4 is 70.8 Å². The van der Waals surface area contributed by atoms with Crippen LogP contribution in [-0.4, -0.2) is 140 Å². The van der Waals surface area contributed by atoms with Gasteiger partial charge in [-0.25, -0.2) is 0 Å². The highest BCUT2D eigenvalue weighted by atomic mass is 16.2. The van der Waals surface area contributed by atoms with Gasteiger partial charge >= 0.3 is 0 Å². The van der Waals surface area contributed by atoms with Crippen LogP contribution in [0.3, 0.4) is 0 Å². The fourth-order valence-corrected chi connectivity index (χ4v) is 10.2. The van der Waals surface area contributed by atoms with E-state index in [2.05, 4.69) is 47.9 Å². The molecular formula is C62H101N13O10. The van der Waals surface area contributed by atoms with Crippen molar-refractivity contribution >= 4 is 58.9 Å². The summed E-state index contributed by atoms with van der Waals surface area (Å²) in [6.45, 7) is 14.9. The van der Waals surface area contributed by atoms with Crippen LogP contribution in [0, 0.1) is 29.6 Å². The number of benzene rings is 2. The molecule has 1 fully saturated rings. The van der Waals surface area contributed by atoms with E-state index in [1.165, 1.54) is 0 Å². The molecule has 23 nitrogen and oxygen atoms in total. The maximum Gasteiger partial charge on any atom is 0.243 e. The zero-order valence-electron chi connectivity index (χ0n) is 51.5. The Hall–Kier alpha value is -6.82. The highest BCUT2D eigenvalue weighted by Gasteiger charge is 2.40. The van der Waals surface area contributed by atoms with Gasteiger partial charge in [0.25, 0.3) is 0 Å². The van der Waals surface area contributed by atoms with Gasteiger partial charge in [0.05, 0.1) is 6.04 Å². The van der Waals surface area contributed by atoms with Crippen LogP contribution in [0.2, 0.25) is 0 Å². The molecule has 85 heavy (non-hydrogen) atoms. The Labute approximate surface area is 503 Å². The van der Waals surface area contributed by atoms with Crippen LogP contribution in [0.1, 0.15) is 144 Å². The fourth-order valence-electron chi connectivity index (χ4n) is 10.2. The van der Waals surface area contributed by atoms with Gasteiger partial charge in [0, 0.05) is 12.8 Å². The van der Waals surface area contributed by atoms with Gasteiger partial charge in [-0.2, -0.15) is 0 Å². The summed E-state index contributed by atoms with van der Waals surface area (Å²) >= 11 is 0. The summed E-state index contributed by atoms with van der Waals surface area (Å²) in [4.78, 5) is 147. The second kappa shape index (κ2) is 38.3. The summed E-state index contributed by atoms with van der Waals surface area (Å²) in [6, 6.07) is 6.23. The Morgan fingerprint density at radius 1 is 0.329 bits per heavy atom. The summed E-state index contributed by atoms with van der Waals surface area (Å²) in [7, 11) is 0. The van der Waals surface area contributed by atoms with Gasteiger partial charge in [0.15, 0.2) is 5.78 Å². The maximum absolute atomic E-state index is 15.0. The molecule has 3 rings (SSSR count). The highest BCUT2D eigenvalue weighted by molar-refractivity contribution is 6.07. The number of Topliss-reactive ketones (excluding diaryl/α,β-unsaturated/α-hetero) is 1. The molecule has 0 unspecified atom stereocenters. The van der Waals surface area contributed by atoms with E-state index in [1.54, 1.807) is 88.4 Å². The average molecular weight is 1190 g/mol. The zero-order valence-corrected chi connectivity index (χ0v) is 51.5. The number of hydrogen-bond acceptors (Lipinski definition) is 14. The van der Waals surface area contributed by atoms with Crippen LogP contribution in [0.25, 0.3) is 0 Å². The lowest BCUT2D eigenvalue weighted by Crippen LogP contribution is -2.61. The van der Waals surface area contributed by atoms with Crippen molar-refractivity contribution in [1.82, 2.24) is 47.9 Å². The molecule has 0 saturated carbocycles. The molecule has 0 aliphatic carbocycles. The highest BCUT2D eigenvalue weighted by Crippen LogP contribution is 2.20. The van der Waals surface area contributed by atoms with Gasteiger partial charge in [-0.1, -0.05) is 116 Å². The number of ketones is 1. The van der Waals surface area contributed by atoms with E-state index in [1.807, 2.05) is 27.7 Å². The third-order valence-electron chi connectivity index (χ3n) is 14.9. The Balaban J connectivity index is 2.32. The lowest BCUT2D eigenvalue weighted by molar-refractivity contribution is -0.141. The van der Waals surface area contributed by atoms with Crippen LogP contribution in [0.15, 0.2) is 60.7 Å². The van der Waals surface area contributed by atoms with Gasteiger partial charge in [0.1, 0.15) is 54.3 Å². The molecule has 2 aromatic rings. The van der Waals surface area contributed by atoms with Gasteiger partial charge in [0.2, 0.25) is 53.2 Å². The third kappa shape index (κ3) is 25.3. The minimum atomic E-state index is -1.42. The SMILES string of the molecule is CC(C)C[C@@H]1NC(=O)[C@H](CCCN)NC(=O)[C@@H](C(C)C)C(=O)[C@H](CCCCN)NC(=O)[C@@H](Cc2ccccc2)NC(=O)[C@H](CC(C)C)NC(=O)[C@H](CCCN)NC(=O)[C@H](C(C)C)NC(=O)[C@H](CCCCN)NC(=O)[C@@H](Cc2ccccc2)NC1=O. The Morgan fingerprint density at radius 2 is 0.635 bits per heavy atom. The number of unbranched alkanes of at least 4 members (excludes halogenated alkanes) is 2. The number of hydrogen-bond donors (Lipinski definition) is 13. The quantitative estimate of drug-likeness (QED) is 0.0519. The standard InChI is InChI=1S/C62H101N13O10/c1-37(2)33-47-58(81)74-50(36-42-23-13-10-14-24-42)60(83)68-44(26-16-18-30-64)56(79)75-52(40(7)8)62(85)70-46(28-20-32-66)55(78)72-48(34-38(3)4)57(80)73-49(35-41-21-11-9-12-22-41)59(82)67-43(25-15-17-29-63)53(76)51(39(5)6)61(84)69-45(27-19-31-65)54(77)71-47/h9-14,21-24,37-40,43-52H,15-20,25-36,63-66H2,1-8H3,(H,67,82)(H,68,83)(H,69,84)(H,70,85)(H,71,77)(H,72,78)(H,73,80)(H,74,81)(H,75,79)/t43-,44-,45-,46-,47-,48-,49+,50+,51-,52-/m0/s1. The predicted molar refractivity (Wildman–Crippen MR) is 327 cm³/mol. The van der Waals surface area contributed by atoms with Crippen molar-refractivity contribution in [3.63, 3.8) is 0 Å².